The summed E-state index contributed by atoms with van der Waals surface area (Å²) < 4.78 is 33.9. The van der Waals surface area contributed by atoms with Crippen molar-refractivity contribution >= 4 is 38.9 Å². The van der Waals surface area contributed by atoms with E-state index in [1.165, 1.54) is 12.1 Å². The van der Waals surface area contributed by atoms with E-state index < -0.39 is 15.9 Å². The molecule has 1 aliphatic heterocycles. The first kappa shape index (κ1) is 17.5. The van der Waals surface area contributed by atoms with E-state index in [1.54, 1.807) is 24.3 Å². The predicted molar refractivity (Wildman–Crippen MR) is 97.6 cm³/mol. The Morgan fingerprint density at radius 2 is 1.92 bits per heavy atom. The van der Waals surface area contributed by atoms with Crippen molar-refractivity contribution in [2.45, 2.75) is 25.2 Å². The molecule has 130 valence electrons. The van der Waals surface area contributed by atoms with Crippen molar-refractivity contribution in [3.8, 4) is 0 Å². The van der Waals surface area contributed by atoms with Crippen LogP contribution in [0.3, 0.4) is 0 Å². The number of sulfonamides is 1. The molecule has 0 saturated carbocycles. The number of aryl methyl sites for hydroxylation is 2. The highest BCUT2D eigenvalue weighted by molar-refractivity contribution is 8.19. The van der Waals surface area contributed by atoms with Crippen LogP contribution >= 0.6 is 11.8 Å². The number of nitrogens with zero attached hydrogens (tertiary/aromatic N) is 1. The molecule has 2 heterocycles. The van der Waals surface area contributed by atoms with E-state index >= 15 is 0 Å². The molecule has 1 N–H and O–H groups in total. The molecule has 0 atom stereocenters. The van der Waals surface area contributed by atoms with Gasteiger partial charge in [-0.05, 0) is 43.0 Å². The minimum absolute atomic E-state index is 0.0269. The van der Waals surface area contributed by atoms with Gasteiger partial charge in [-0.3, -0.25) is 10.1 Å². The lowest BCUT2D eigenvalue weighted by atomic mass is 10.2. The Kier molecular flexibility index (Phi) is 4.82. The fourth-order valence-electron chi connectivity index (χ4n) is 2.13. The Morgan fingerprint density at radius 3 is 2.56 bits per heavy atom. The summed E-state index contributed by atoms with van der Waals surface area (Å²) in [5.41, 5.74) is 0.949. The number of hydrogen-bond acceptors (Lipinski definition) is 5. The first-order valence-electron chi connectivity index (χ1n) is 7.58. The highest BCUT2D eigenvalue weighted by Crippen LogP contribution is 2.28. The largest absolute Gasteiger partial charge is 0.462 e. The topological polar surface area (TPSA) is 88.7 Å². The summed E-state index contributed by atoms with van der Waals surface area (Å²) in [6, 6.07) is 9.96. The molecule has 1 fully saturated rings. The lowest BCUT2D eigenvalue weighted by molar-refractivity contribution is -0.115. The Balaban J connectivity index is 1.84. The Morgan fingerprint density at radius 1 is 1.20 bits per heavy atom. The molecule has 2 aromatic rings. The summed E-state index contributed by atoms with van der Waals surface area (Å²) in [7, 11) is -3.88. The molecule has 1 aromatic carbocycles. The summed E-state index contributed by atoms with van der Waals surface area (Å²) in [5, 5.41) is 2.49. The van der Waals surface area contributed by atoms with Gasteiger partial charge in [0.2, 0.25) is 0 Å². The van der Waals surface area contributed by atoms with Crippen LogP contribution < -0.4 is 5.32 Å². The van der Waals surface area contributed by atoms with Crippen molar-refractivity contribution < 1.29 is 17.6 Å². The average molecular weight is 376 g/mol. The van der Waals surface area contributed by atoms with Crippen molar-refractivity contribution in [2.75, 3.05) is 0 Å². The summed E-state index contributed by atoms with van der Waals surface area (Å²) in [6.07, 6.45) is 2.32. The van der Waals surface area contributed by atoms with Crippen LogP contribution in [-0.4, -0.2) is 19.5 Å². The fourth-order valence-corrected chi connectivity index (χ4v) is 4.10. The van der Waals surface area contributed by atoms with E-state index in [2.05, 4.69) is 9.71 Å². The molecule has 0 bridgehead atoms. The molecule has 6 nitrogen and oxygen atoms in total. The van der Waals surface area contributed by atoms with Crippen LogP contribution in [0.15, 0.2) is 55.0 Å². The van der Waals surface area contributed by atoms with Crippen molar-refractivity contribution in [1.29, 1.82) is 0 Å². The van der Waals surface area contributed by atoms with Crippen LogP contribution in [0.2, 0.25) is 0 Å². The monoisotopic (exact) mass is 376 g/mol. The molecule has 1 saturated heterocycles. The smallest absolute Gasteiger partial charge is 0.284 e. The summed E-state index contributed by atoms with van der Waals surface area (Å²) >= 11 is 0.966. The van der Waals surface area contributed by atoms with E-state index in [4.69, 9.17) is 4.42 Å². The van der Waals surface area contributed by atoms with Gasteiger partial charge in [0.05, 0.1) is 9.80 Å². The molecule has 0 radical (unpaired) electrons. The van der Waals surface area contributed by atoms with Crippen LogP contribution in [0.5, 0.6) is 0 Å². The van der Waals surface area contributed by atoms with Crippen LogP contribution in [0.25, 0.3) is 6.08 Å². The van der Waals surface area contributed by atoms with Gasteiger partial charge in [-0.1, -0.05) is 24.6 Å². The predicted octanol–water partition coefficient (Wildman–Crippen LogP) is 3.10. The van der Waals surface area contributed by atoms with Gasteiger partial charge in [0.1, 0.15) is 11.5 Å². The minimum atomic E-state index is -3.88. The maximum atomic E-state index is 12.3. The lowest BCUT2D eigenvalue weighted by Crippen LogP contribution is -2.20. The van der Waals surface area contributed by atoms with Crippen molar-refractivity contribution in [3.05, 3.63) is 58.4 Å². The Hall–Kier alpha value is -2.32. The molecule has 0 aliphatic carbocycles. The number of furan rings is 1. The third-order valence-corrected chi connectivity index (χ3v) is 5.79. The van der Waals surface area contributed by atoms with Gasteiger partial charge in [0.15, 0.2) is 5.17 Å². The van der Waals surface area contributed by atoms with Crippen LogP contribution in [0, 0.1) is 6.92 Å². The van der Waals surface area contributed by atoms with E-state index in [-0.39, 0.29) is 10.1 Å². The summed E-state index contributed by atoms with van der Waals surface area (Å²) in [6.45, 7) is 3.83. The second-order valence-electron chi connectivity index (χ2n) is 5.41. The third kappa shape index (κ3) is 4.02. The normalized spacial score (nSPS) is 18.1. The van der Waals surface area contributed by atoms with Gasteiger partial charge in [-0.15, -0.1) is 4.40 Å². The Labute approximate surface area is 150 Å². The molecular weight excluding hydrogens is 360 g/mol. The first-order chi connectivity index (χ1) is 11.9. The van der Waals surface area contributed by atoms with E-state index in [0.717, 1.165) is 29.5 Å². The zero-order valence-corrected chi connectivity index (χ0v) is 15.3. The van der Waals surface area contributed by atoms with Gasteiger partial charge in [0, 0.05) is 12.5 Å². The highest BCUT2D eigenvalue weighted by atomic mass is 32.2. The minimum Gasteiger partial charge on any atom is -0.462 e. The van der Waals surface area contributed by atoms with E-state index in [9.17, 15) is 13.2 Å². The molecule has 1 aliphatic rings. The Bertz CT molecular complexity index is 970. The molecule has 3 rings (SSSR count). The summed E-state index contributed by atoms with van der Waals surface area (Å²) in [4.78, 5) is 12.4. The van der Waals surface area contributed by atoms with Crippen molar-refractivity contribution in [3.63, 3.8) is 0 Å². The number of amides is 1. The fraction of sp³-hybridized carbons (Fsp3) is 0.176. The quantitative estimate of drug-likeness (QED) is 0.828. The zero-order valence-electron chi connectivity index (χ0n) is 13.6. The molecule has 1 amide bonds. The second-order valence-corrected chi connectivity index (χ2v) is 8.04. The van der Waals surface area contributed by atoms with Gasteiger partial charge in [0.25, 0.3) is 15.9 Å². The van der Waals surface area contributed by atoms with Gasteiger partial charge in [-0.2, -0.15) is 8.42 Å². The summed E-state index contributed by atoms with van der Waals surface area (Å²) in [5.74, 6) is 0.945. The SMILES string of the molecule is CCc1ccc(/C=C2\SC(=NS(=O)(=O)c3ccc(C)cc3)NC2=O)o1. The molecular formula is C17H16N2O4S2. The molecule has 0 spiro atoms. The average Bonchev–Trinajstić information content (AvgIpc) is 3.14. The molecule has 0 unspecified atom stereocenters. The van der Waals surface area contributed by atoms with Crippen LogP contribution in [-0.2, 0) is 21.2 Å². The number of amidine groups is 1. The van der Waals surface area contributed by atoms with Gasteiger partial charge in [-0.25, -0.2) is 0 Å². The number of nitrogens with one attached hydrogen (secondary N) is 1. The van der Waals surface area contributed by atoms with Crippen LogP contribution in [0.1, 0.15) is 24.0 Å². The molecule has 25 heavy (non-hydrogen) atoms. The highest BCUT2D eigenvalue weighted by Gasteiger charge is 2.27. The number of benzene rings is 1. The van der Waals surface area contributed by atoms with E-state index in [1.807, 2.05) is 19.9 Å². The molecule has 1 aromatic heterocycles. The standard InChI is InChI=1S/C17H16N2O4S2/c1-3-12-6-7-13(23-12)10-15-16(20)18-17(24-15)19-25(21,22)14-8-4-11(2)5-9-14/h4-10H,3H2,1-2H3,(H,18,19,20)/b15-10-. The van der Waals surface area contributed by atoms with Crippen molar-refractivity contribution in [1.82, 2.24) is 5.32 Å². The maximum Gasteiger partial charge on any atom is 0.284 e. The number of carbonyl (C=O) groups excluding carboxylic acids is 1. The second kappa shape index (κ2) is 6.89. The first-order valence-corrected chi connectivity index (χ1v) is 9.84. The zero-order chi connectivity index (χ0) is 18.0. The van der Waals surface area contributed by atoms with Gasteiger partial charge < -0.3 is 4.42 Å². The number of hydrogen-bond donors (Lipinski definition) is 1. The lowest BCUT2D eigenvalue weighted by Gasteiger charge is -2.00. The van der Waals surface area contributed by atoms with Crippen LogP contribution in [0.4, 0.5) is 0 Å². The van der Waals surface area contributed by atoms with E-state index in [0.29, 0.717) is 10.7 Å². The number of rotatable bonds is 4. The number of carbonyl (C=O) groups is 1. The van der Waals surface area contributed by atoms with Gasteiger partial charge >= 0.3 is 0 Å². The maximum absolute atomic E-state index is 12.3. The third-order valence-electron chi connectivity index (χ3n) is 3.48. The number of thioether (sulfide) groups is 1. The molecule has 8 heteroatoms. The van der Waals surface area contributed by atoms with Crippen molar-refractivity contribution in [2.24, 2.45) is 4.40 Å².